The Morgan fingerprint density at radius 3 is 2.55 bits per heavy atom. The van der Waals surface area contributed by atoms with Gasteiger partial charge < -0.3 is 14.0 Å². The Bertz CT molecular complexity index is 1290. The van der Waals surface area contributed by atoms with Crippen LogP contribution in [0.25, 0.3) is 22.7 Å². The van der Waals surface area contributed by atoms with E-state index in [-0.39, 0.29) is 0 Å². The Hall–Kier alpha value is -4.04. The fourth-order valence-electron chi connectivity index (χ4n) is 3.44. The summed E-state index contributed by atoms with van der Waals surface area (Å²) in [6, 6.07) is 24.0. The van der Waals surface area contributed by atoms with E-state index in [0.29, 0.717) is 29.5 Å². The Balaban J connectivity index is 1.61. The molecule has 3 aromatic carbocycles. The van der Waals surface area contributed by atoms with Crippen molar-refractivity contribution in [3.8, 4) is 17.6 Å². The predicted molar refractivity (Wildman–Crippen MR) is 123 cm³/mol. The summed E-state index contributed by atoms with van der Waals surface area (Å²) in [4.78, 5) is 4.63. The third-order valence-electron chi connectivity index (χ3n) is 5.16. The van der Waals surface area contributed by atoms with E-state index >= 15 is 0 Å². The maximum Gasteiger partial charge on any atom is 0.161 e. The molecule has 5 heteroatoms. The molecule has 0 aliphatic rings. The van der Waals surface area contributed by atoms with Crippen molar-refractivity contribution >= 4 is 22.7 Å². The lowest BCUT2D eigenvalue weighted by Gasteiger charge is -2.12. The standard InChI is InChI=1S/C26H23N3O2/c1-18-8-10-19(11-9-18)17-31-24-13-12-20(15-25(24)30-3)14-21(16-27)26-28-22-6-4-5-7-23(22)29(26)2/h4-15H,17H2,1-3H3/b21-14-. The van der Waals surface area contributed by atoms with E-state index in [1.165, 1.54) is 5.56 Å². The molecule has 0 saturated heterocycles. The van der Waals surface area contributed by atoms with Gasteiger partial charge in [0.25, 0.3) is 0 Å². The largest absolute Gasteiger partial charge is 0.493 e. The minimum absolute atomic E-state index is 0.454. The van der Waals surface area contributed by atoms with Crippen LogP contribution in [0.2, 0.25) is 0 Å². The molecular formula is C26H23N3O2. The molecule has 4 aromatic rings. The number of ether oxygens (including phenoxy) is 2. The van der Waals surface area contributed by atoms with Crippen molar-refractivity contribution in [2.75, 3.05) is 7.11 Å². The van der Waals surface area contributed by atoms with Crippen molar-refractivity contribution in [2.24, 2.45) is 7.05 Å². The topological polar surface area (TPSA) is 60.1 Å². The number of aromatic nitrogens is 2. The van der Waals surface area contributed by atoms with Crippen LogP contribution in [-0.4, -0.2) is 16.7 Å². The first-order chi connectivity index (χ1) is 15.1. The number of hydrogen-bond donors (Lipinski definition) is 0. The summed E-state index contributed by atoms with van der Waals surface area (Å²) in [7, 11) is 3.52. The Morgan fingerprint density at radius 1 is 1.06 bits per heavy atom. The summed E-state index contributed by atoms with van der Waals surface area (Å²) >= 11 is 0. The van der Waals surface area contributed by atoms with Crippen LogP contribution in [0, 0.1) is 18.3 Å². The average Bonchev–Trinajstić information content (AvgIpc) is 3.14. The summed E-state index contributed by atoms with van der Waals surface area (Å²) in [6.45, 7) is 2.51. The van der Waals surface area contributed by atoms with Crippen LogP contribution in [0.15, 0.2) is 66.7 Å². The molecular weight excluding hydrogens is 386 g/mol. The Labute approximate surface area is 181 Å². The van der Waals surface area contributed by atoms with Gasteiger partial charge in [-0.15, -0.1) is 0 Å². The molecule has 0 radical (unpaired) electrons. The van der Waals surface area contributed by atoms with Gasteiger partial charge in [-0.2, -0.15) is 5.26 Å². The molecule has 0 aliphatic carbocycles. The number of methoxy groups -OCH3 is 1. The molecule has 0 atom stereocenters. The molecule has 0 bridgehead atoms. The van der Waals surface area contributed by atoms with E-state index in [0.717, 1.165) is 22.2 Å². The molecule has 1 aromatic heterocycles. The molecule has 0 fully saturated rings. The van der Waals surface area contributed by atoms with Crippen molar-refractivity contribution < 1.29 is 9.47 Å². The quantitative estimate of drug-likeness (QED) is 0.393. The smallest absolute Gasteiger partial charge is 0.161 e. The summed E-state index contributed by atoms with van der Waals surface area (Å²) in [5.41, 5.74) is 5.46. The van der Waals surface area contributed by atoms with Crippen molar-refractivity contribution in [3.05, 3.63) is 89.2 Å². The second-order valence-corrected chi connectivity index (χ2v) is 7.34. The van der Waals surface area contributed by atoms with Crippen LogP contribution < -0.4 is 9.47 Å². The summed E-state index contributed by atoms with van der Waals surface area (Å²) in [5.74, 6) is 1.90. The molecule has 0 aliphatic heterocycles. The minimum Gasteiger partial charge on any atom is -0.493 e. The number of fused-ring (bicyclic) bond motifs is 1. The molecule has 31 heavy (non-hydrogen) atoms. The van der Waals surface area contributed by atoms with Crippen molar-refractivity contribution in [1.82, 2.24) is 9.55 Å². The van der Waals surface area contributed by atoms with Crippen LogP contribution in [0.1, 0.15) is 22.5 Å². The van der Waals surface area contributed by atoms with Gasteiger partial charge in [0, 0.05) is 7.05 Å². The van der Waals surface area contributed by atoms with Crippen molar-refractivity contribution in [3.63, 3.8) is 0 Å². The van der Waals surface area contributed by atoms with Crippen LogP contribution in [0.4, 0.5) is 0 Å². The monoisotopic (exact) mass is 409 g/mol. The fourth-order valence-corrected chi connectivity index (χ4v) is 3.44. The first-order valence-corrected chi connectivity index (χ1v) is 9.99. The molecule has 0 amide bonds. The molecule has 154 valence electrons. The van der Waals surface area contributed by atoms with E-state index in [1.54, 1.807) is 7.11 Å². The number of hydrogen-bond acceptors (Lipinski definition) is 4. The lowest BCUT2D eigenvalue weighted by molar-refractivity contribution is 0.284. The predicted octanol–water partition coefficient (Wildman–Crippen LogP) is 5.53. The zero-order chi connectivity index (χ0) is 21.8. The first-order valence-electron chi connectivity index (χ1n) is 9.99. The lowest BCUT2D eigenvalue weighted by atomic mass is 10.1. The summed E-state index contributed by atoms with van der Waals surface area (Å²) in [5, 5.41) is 9.77. The van der Waals surface area contributed by atoms with Gasteiger partial charge in [0.1, 0.15) is 12.7 Å². The van der Waals surface area contributed by atoms with Gasteiger partial charge in [0.05, 0.1) is 23.7 Å². The minimum atomic E-state index is 0.454. The number of rotatable bonds is 6. The first kappa shape index (κ1) is 20.2. The van der Waals surface area contributed by atoms with Crippen LogP contribution in [0.5, 0.6) is 11.5 Å². The van der Waals surface area contributed by atoms with E-state index in [9.17, 15) is 5.26 Å². The van der Waals surface area contributed by atoms with Gasteiger partial charge in [0.2, 0.25) is 0 Å². The fraction of sp³-hybridized carbons (Fsp3) is 0.154. The number of imidazole rings is 1. The number of aryl methyl sites for hydroxylation is 2. The van der Waals surface area contributed by atoms with Gasteiger partial charge in [-0.05, 0) is 48.4 Å². The molecule has 0 unspecified atom stereocenters. The maximum absolute atomic E-state index is 9.77. The Kier molecular flexibility index (Phi) is 5.72. The highest BCUT2D eigenvalue weighted by Crippen LogP contribution is 2.31. The maximum atomic E-state index is 9.77. The summed E-state index contributed by atoms with van der Waals surface area (Å²) < 4.78 is 13.4. The zero-order valence-electron chi connectivity index (χ0n) is 17.8. The lowest BCUT2D eigenvalue weighted by Crippen LogP contribution is -1.98. The highest BCUT2D eigenvalue weighted by molar-refractivity contribution is 5.91. The number of nitriles is 1. The van der Waals surface area contributed by atoms with E-state index in [4.69, 9.17) is 9.47 Å². The third-order valence-corrected chi connectivity index (χ3v) is 5.16. The SMILES string of the molecule is COc1cc(/C=C(/C#N)c2nc3ccccc3n2C)ccc1OCc1ccc(C)cc1. The third kappa shape index (κ3) is 4.29. The van der Waals surface area contributed by atoms with E-state index in [1.807, 2.05) is 60.2 Å². The molecule has 0 spiro atoms. The van der Waals surface area contributed by atoms with Gasteiger partial charge in [0.15, 0.2) is 17.3 Å². The number of para-hydroxylation sites is 2. The second-order valence-electron chi connectivity index (χ2n) is 7.34. The van der Waals surface area contributed by atoms with Gasteiger partial charge in [-0.3, -0.25) is 0 Å². The molecule has 0 saturated carbocycles. The van der Waals surface area contributed by atoms with E-state index in [2.05, 4.69) is 42.2 Å². The number of nitrogens with zero attached hydrogens (tertiary/aromatic N) is 3. The van der Waals surface area contributed by atoms with Crippen molar-refractivity contribution in [2.45, 2.75) is 13.5 Å². The molecule has 4 rings (SSSR count). The average molecular weight is 409 g/mol. The zero-order valence-corrected chi connectivity index (χ0v) is 17.8. The molecule has 0 N–H and O–H groups in total. The van der Waals surface area contributed by atoms with Gasteiger partial charge >= 0.3 is 0 Å². The van der Waals surface area contributed by atoms with Gasteiger partial charge in [-0.25, -0.2) is 4.98 Å². The second kappa shape index (κ2) is 8.76. The summed E-state index contributed by atoms with van der Waals surface area (Å²) in [6.07, 6.45) is 1.81. The highest BCUT2D eigenvalue weighted by Gasteiger charge is 2.13. The van der Waals surface area contributed by atoms with Crippen LogP contribution in [-0.2, 0) is 13.7 Å². The van der Waals surface area contributed by atoms with E-state index < -0.39 is 0 Å². The highest BCUT2D eigenvalue weighted by atomic mass is 16.5. The van der Waals surface area contributed by atoms with Crippen LogP contribution in [0.3, 0.4) is 0 Å². The van der Waals surface area contributed by atoms with Crippen LogP contribution >= 0.6 is 0 Å². The molecule has 5 nitrogen and oxygen atoms in total. The molecule has 1 heterocycles. The normalized spacial score (nSPS) is 11.4. The number of benzene rings is 3. The Morgan fingerprint density at radius 2 is 1.84 bits per heavy atom. The van der Waals surface area contributed by atoms with Crippen molar-refractivity contribution in [1.29, 1.82) is 5.26 Å². The number of allylic oxidation sites excluding steroid dienone is 1. The van der Waals surface area contributed by atoms with Gasteiger partial charge in [-0.1, -0.05) is 48.0 Å².